The molecule has 1 amide bonds. The Morgan fingerprint density at radius 1 is 1.05 bits per heavy atom. The molecule has 0 bridgehead atoms. The zero-order valence-corrected chi connectivity index (χ0v) is 25.2. The number of carbonyl (C=O) groups excluding carboxylic acids is 1. The van der Waals surface area contributed by atoms with Crippen LogP contribution in [0.4, 0.5) is 0 Å². The molecule has 0 radical (unpaired) electrons. The first kappa shape index (κ1) is 29.5. The number of ether oxygens (including phenoxy) is 1. The number of benzene rings is 3. The van der Waals surface area contributed by atoms with E-state index in [-0.39, 0.29) is 18.4 Å². The zero-order chi connectivity index (χ0) is 30.5. The van der Waals surface area contributed by atoms with E-state index in [9.17, 15) is 10.0 Å². The van der Waals surface area contributed by atoms with E-state index in [2.05, 4.69) is 51.9 Å². The highest BCUT2D eigenvalue weighted by molar-refractivity contribution is 6.31. The normalized spacial score (nSPS) is 14.5. The number of amides is 1. The molecule has 0 N–H and O–H groups in total. The largest absolute Gasteiger partial charge is 0.618 e. The minimum Gasteiger partial charge on any atom is -0.618 e. The van der Waals surface area contributed by atoms with E-state index in [1.54, 1.807) is 24.1 Å². The van der Waals surface area contributed by atoms with Crippen LogP contribution in [-0.4, -0.2) is 57.8 Å². The predicted molar refractivity (Wildman–Crippen MR) is 167 cm³/mol. The maximum absolute atomic E-state index is 13.8. The zero-order valence-electron chi connectivity index (χ0n) is 24.4. The molecule has 2 aromatic heterocycles. The third-order valence-corrected chi connectivity index (χ3v) is 8.58. The van der Waals surface area contributed by atoms with Gasteiger partial charge in [-0.3, -0.25) is 4.79 Å². The molecule has 1 aliphatic heterocycles. The average Bonchev–Trinajstić information content (AvgIpc) is 3.60. The molecule has 1 atom stereocenters. The van der Waals surface area contributed by atoms with Gasteiger partial charge in [-0.1, -0.05) is 66.2 Å². The second kappa shape index (κ2) is 13.4. The molecule has 1 aliphatic rings. The van der Waals surface area contributed by atoms with Gasteiger partial charge in [-0.2, -0.15) is 9.41 Å². The van der Waals surface area contributed by atoms with Crippen molar-refractivity contribution in [3.63, 3.8) is 0 Å². The van der Waals surface area contributed by atoms with Gasteiger partial charge in [-0.05, 0) is 76.6 Å². The summed E-state index contributed by atoms with van der Waals surface area (Å²) in [7, 11) is 1.55. The van der Waals surface area contributed by atoms with E-state index in [4.69, 9.17) is 16.3 Å². The van der Waals surface area contributed by atoms with Crippen LogP contribution < -0.4 is 4.73 Å². The number of rotatable bonds is 9. The van der Waals surface area contributed by atoms with Gasteiger partial charge in [0.25, 0.3) is 0 Å². The fourth-order valence-corrected chi connectivity index (χ4v) is 6.25. The standard InChI is InChI=1S/C34H33ClN6O3/c1-44-22-34(42)39-16-14-25(15-17-39)26-8-5-9-27(19-26)30(18-24-6-3-2-4-7-24)33-12-10-28(21-41(33)43)31-20-29(35)11-13-32(31)40-23-36-37-38-40/h2-13,19-21,23,25,30H,14-18,22H2,1H3/t30-/m0/s1. The second-order valence-electron chi connectivity index (χ2n) is 11.1. The summed E-state index contributed by atoms with van der Waals surface area (Å²) < 4.78 is 7.56. The summed E-state index contributed by atoms with van der Waals surface area (Å²) in [6.45, 7) is 1.54. The number of hydrogen-bond donors (Lipinski definition) is 0. The summed E-state index contributed by atoms with van der Waals surface area (Å²) in [5.74, 6) is 0.202. The van der Waals surface area contributed by atoms with Crippen LogP contribution in [0.5, 0.6) is 0 Å². The highest BCUT2D eigenvalue weighted by Crippen LogP contribution is 2.34. The lowest BCUT2D eigenvalue weighted by atomic mass is 9.84. The monoisotopic (exact) mass is 608 g/mol. The maximum atomic E-state index is 13.8. The van der Waals surface area contributed by atoms with Crippen LogP contribution in [0.1, 0.15) is 47.1 Å². The summed E-state index contributed by atoms with van der Waals surface area (Å²) >= 11 is 6.37. The molecule has 1 fully saturated rings. The smallest absolute Gasteiger partial charge is 0.248 e. The number of aromatic nitrogens is 5. The SMILES string of the molecule is COCC(=O)N1CCC(c2cccc([C@H](Cc3ccccc3)c3ccc(-c4cc(Cl)ccc4-n4cnnn4)c[n+]3[O-])c2)CC1. The predicted octanol–water partition coefficient (Wildman–Crippen LogP) is 5.34. The van der Waals surface area contributed by atoms with Crippen LogP contribution in [-0.2, 0) is 16.0 Å². The summed E-state index contributed by atoms with van der Waals surface area (Å²) in [6.07, 6.45) is 5.56. The average molecular weight is 609 g/mol. The molecule has 0 spiro atoms. The van der Waals surface area contributed by atoms with E-state index in [0.29, 0.717) is 41.7 Å². The van der Waals surface area contributed by atoms with Gasteiger partial charge in [-0.25, -0.2) is 0 Å². The van der Waals surface area contributed by atoms with Crippen LogP contribution in [0.15, 0.2) is 97.5 Å². The van der Waals surface area contributed by atoms with E-state index < -0.39 is 0 Å². The molecule has 0 saturated carbocycles. The first-order valence-electron chi connectivity index (χ1n) is 14.7. The van der Waals surface area contributed by atoms with Gasteiger partial charge in [0.15, 0.2) is 6.20 Å². The summed E-state index contributed by atoms with van der Waals surface area (Å²) in [5.41, 5.74) is 6.29. The molecule has 0 unspecified atom stereocenters. The number of likely N-dealkylation sites (tertiary alicyclic amines) is 1. The van der Waals surface area contributed by atoms with Crippen LogP contribution in [0.25, 0.3) is 16.8 Å². The van der Waals surface area contributed by atoms with Crippen molar-refractivity contribution < 1.29 is 14.3 Å². The number of piperidine rings is 1. The van der Waals surface area contributed by atoms with Gasteiger partial charge in [0.05, 0.1) is 11.6 Å². The Hall–Kier alpha value is -4.60. The van der Waals surface area contributed by atoms with Crippen molar-refractivity contribution in [2.75, 3.05) is 26.8 Å². The van der Waals surface area contributed by atoms with Crippen molar-refractivity contribution >= 4 is 17.5 Å². The maximum Gasteiger partial charge on any atom is 0.248 e. The Kier molecular flexibility index (Phi) is 8.95. The van der Waals surface area contributed by atoms with Crippen molar-refractivity contribution in [3.8, 4) is 16.8 Å². The number of methoxy groups -OCH3 is 1. The summed E-state index contributed by atoms with van der Waals surface area (Å²) in [5, 5.41) is 25.9. The van der Waals surface area contributed by atoms with Crippen LogP contribution >= 0.6 is 11.6 Å². The Morgan fingerprint density at radius 2 is 1.86 bits per heavy atom. The molecule has 3 aromatic carbocycles. The molecule has 9 nitrogen and oxygen atoms in total. The van der Waals surface area contributed by atoms with Gasteiger partial charge in [0.1, 0.15) is 12.9 Å². The first-order valence-corrected chi connectivity index (χ1v) is 15.0. The third-order valence-electron chi connectivity index (χ3n) is 8.35. The van der Waals surface area contributed by atoms with Gasteiger partial charge in [0, 0.05) is 42.4 Å². The number of carbonyl (C=O) groups is 1. The fourth-order valence-electron chi connectivity index (χ4n) is 6.08. The molecule has 10 heteroatoms. The number of hydrogen-bond acceptors (Lipinski definition) is 6. The minimum atomic E-state index is -0.175. The molecule has 224 valence electrons. The van der Waals surface area contributed by atoms with Crippen molar-refractivity contribution in [3.05, 3.63) is 130 Å². The molecule has 5 aromatic rings. The molecular weight excluding hydrogens is 576 g/mol. The fraction of sp³-hybridized carbons (Fsp3) is 0.265. The molecule has 1 saturated heterocycles. The van der Waals surface area contributed by atoms with Crippen molar-refractivity contribution in [2.45, 2.75) is 31.1 Å². The molecule has 44 heavy (non-hydrogen) atoms. The molecular formula is C34H33ClN6O3. The lowest BCUT2D eigenvalue weighted by molar-refractivity contribution is -0.614. The Labute approximate surface area is 261 Å². The first-order chi connectivity index (χ1) is 21.5. The minimum absolute atomic E-state index is 0.0360. The van der Waals surface area contributed by atoms with Crippen LogP contribution in [0.3, 0.4) is 0 Å². The van der Waals surface area contributed by atoms with Crippen molar-refractivity contribution in [1.82, 2.24) is 25.1 Å². The van der Waals surface area contributed by atoms with Gasteiger partial charge in [-0.15, -0.1) is 5.10 Å². The molecule has 0 aliphatic carbocycles. The van der Waals surface area contributed by atoms with Gasteiger partial charge >= 0.3 is 0 Å². The molecule has 6 rings (SSSR count). The number of halogens is 1. The van der Waals surface area contributed by atoms with Crippen molar-refractivity contribution in [2.24, 2.45) is 0 Å². The summed E-state index contributed by atoms with van der Waals surface area (Å²) in [4.78, 5) is 14.2. The lowest BCUT2D eigenvalue weighted by Gasteiger charge is -2.32. The topological polar surface area (TPSA) is 100 Å². The Balaban J connectivity index is 1.33. The van der Waals surface area contributed by atoms with E-state index in [0.717, 1.165) is 39.9 Å². The van der Waals surface area contributed by atoms with Crippen LogP contribution in [0.2, 0.25) is 5.02 Å². The lowest BCUT2D eigenvalue weighted by Crippen LogP contribution is -2.39. The van der Waals surface area contributed by atoms with E-state index in [1.807, 2.05) is 47.4 Å². The highest BCUT2D eigenvalue weighted by atomic mass is 35.5. The number of pyridine rings is 1. The van der Waals surface area contributed by atoms with E-state index >= 15 is 0 Å². The van der Waals surface area contributed by atoms with Crippen molar-refractivity contribution in [1.29, 1.82) is 0 Å². The number of nitrogens with zero attached hydrogens (tertiary/aromatic N) is 6. The summed E-state index contributed by atoms with van der Waals surface area (Å²) in [6, 6.07) is 28.1. The van der Waals surface area contributed by atoms with E-state index in [1.165, 1.54) is 11.9 Å². The highest BCUT2D eigenvalue weighted by Gasteiger charge is 2.27. The number of tetrazole rings is 1. The molecule has 3 heterocycles. The second-order valence-corrected chi connectivity index (χ2v) is 11.5. The Morgan fingerprint density at radius 3 is 2.59 bits per heavy atom. The quantitative estimate of drug-likeness (QED) is 0.165. The Bertz CT molecular complexity index is 1720. The third kappa shape index (κ3) is 6.49. The van der Waals surface area contributed by atoms with Crippen LogP contribution in [0, 0.1) is 5.21 Å². The van der Waals surface area contributed by atoms with Gasteiger partial charge in [0.2, 0.25) is 11.6 Å². The van der Waals surface area contributed by atoms with Gasteiger partial charge < -0.3 is 14.8 Å².